The second-order valence-corrected chi connectivity index (χ2v) is 8.15. The minimum absolute atomic E-state index is 0.0469. The van der Waals surface area contributed by atoms with Gasteiger partial charge < -0.3 is 4.74 Å². The minimum atomic E-state index is -3.76. The van der Waals surface area contributed by atoms with Crippen molar-refractivity contribution in [2.24, 2.45) is 0 Å². The number of aromatic nitrogens is 2. The fourth-order valence-corrected chi connectivity index (χ4v) is 3.89. The normalized spacial score (nSPS) is 11.7. The van der Waals surface area contributed by atoms with E-state index in [4.69, 9.17) is 4.74 Å². The molecule has 6 nitrogen and oxygen atoms in total. The van der Waals surface area contributed by atoms with E-state index in [1.165, 1.54) is 0 Å². The quantitative estimate of drug-likeness (QED) is 0.674. The Labute approximate surface area is 159 Å². The van der Waals surface area contributed by atoms with Crippen molar-refractivity contribution < 1.29 is 13.2 Å². The molecule has 0 aliphatic rings. The predicted molar refractivity (Wildman–Crippen MR) is 105 cm³/mol. The highest BCUT2D eigenvalue weighted by atomic mass is 32.2. The van der Waals surface area contributed by atoms with Crippen LogP contribution in [0.4, 0.5) is 0 Å². The summed E-state index contributed by atoms with van der Waals surface area (Å²) < 4.78 is 35.7. The summed E-state index contributed by atoms with van der Waals surface area (Å²) in [5.41, 5.74) is 1.97. The molecule has 27 heavy (non-hydrogen) atoms. The number of hydrogen-bond acceptors (Lipinski definition) is 4. The lowest BCUT2D eigenvalue weighted by molar-refractivity contribution is 0.409. The van der Waals surface area contributed by atoms with Gasteiger partial charge in [-0.1, -0.05) is 48.5 Å². The summed E-state index contributed by atoms with van der Waals surface area (Å²) in [5.74, 6) is 0.640. The summed E-state index contributed by atoms with van der Waals surface area (Å²) in [6.07, 6.45) is 1.58. The van der Waals surface area contributed by atoms with E-state index in [2.05, 4.69) is 9.82 Å². The first kappa shape index (κ1) is 19.1. The van der Waals surface area contributed by atoms with Crippen LogP contribution in [0, 0.1) is 0 Å². The van der Waals surface area contributed by atoms with E-state index in [0.717, 1.165) is 11.1 Å². The van der Waals surface area contributed by atoms with Gasteiger partial charge in [0.15, 0.2) is 0 Å². The Kier molecular flexibility index (Phi) is 5.62. The fraction of sp³-hybridized carbons (Fsp3) is 0.250. The molecule has 0 bridgehead atoms. The third-order valence-corrected chi connectivity index (χ3v) is 5.61. The Morgan fingerprint density at radius 1 is 1.07 bits per heavy atom. The molecule has 0 saturated heterocycles. The molecule has 142 valence electrons. The van der Waals surface area contributed by atoms with Crippen molar-refractivity contribution in [1.29, 1.82) is 0 Å². The van der Waals surface area contributed by atoms with Crippen LogP contribution in [0.2, 0.25) is 0 Å². The molecule has 0 aliphatic heterocycles. The molecule has 0 amide bonds. The van der Waals surface area contributed by atoms with Crippen molar-refractivity contribution in [3.63, 3.8) is 0 Å². The SMILES string of the molecule is COc1ccccc1CNS(=O)(=O)c1cn(C(C)C)nc1-c1ccccc1. The molecule has 0 aliphatic carbocycles. The third kappa shape index (κ3) is 4.20. The highest BCUT2D eigenvalue weighted by molar-refractivity contribution is 7.89. The van der Waals surface area contributed by atoms with Crippen molar-refractivity contribution in [2.75, 3.05) is 7.11 Å². The number of benzene rings is 2. The van der Waals surface area contributed by atoms with E-state index >= 15 is 0 Å². The standard InChI is InChI=1S/C20H23N3O3S/c1-15(2)23-14-19(20(22-23)16-9-5-4-6-10-16)27(24,25)21-13-17-11-7-8-12-18(17)26-3/h4-12,14-15,21H,13H2,1-3H3. The van der Waals surface area contributed by atoms with E-state index in [1.807, 2.05) is 62.4 Å². The van der Waals surface area contributed by atoms with Crippen molar-refractivity contribution in [1.82, 2.24) is 14.5 Å². The van der Waals surface area contributed by atoms with E-state index < -0.39 is 10.0 Å². The van der Waals surface area contributed by atoms with Crippen molar-refractivity contribution >= 4 is 10.0 Å². The van der Waals surface area contributed by atoms with Crippen LogP contribution in [0.1, 0.15) is 25.5 Å². The van der Waals surface area contributed by atoms with Gasteiger partial charge in [-0.15, -0.1) is 0 Å². The smallest absolute Gasteiger partial charge is 0.244 e. The lowest BCUT2D eigenvalue weighted by atomic mass is 10.2. The number of sulfonamides is 1. The van der Waals surface area contributed by atoms with E-state index in [1.54, 1.807) is 24.1 Å². The van der Waals surface area contributed by atoms with Crippen LogP contribution in [-0.2, 0) is 16.6 Å². The molecule has 1 heterocycles. The molecule has 0 fully saturated rings. The number of rotatable bonds is 7. The van der Waals surface area contributed by atoms with Gasteiger partial charge in [-0.05, 0) is 19.9 Å². The van der Waals surface area contributed by atoms with E-state index in [9.17, 15) is 8.42 Å². The fourth-order valence-electron chi connectivity index (χ4n) is 2.73. The van der Waals surface area contributed by atoms with Gasteiger partial charge >= 0.3 is 0 Å². The zero-order valence-corrected chi connectivity index (χ0v) is 16.4. The maximum Gasteiger partial charge on any atom is 0.244 e. The monoisotopic (exact) mass is 385 g/mol. The molecule has 7 heteroatoms. The molecule has 0 unspecified atom stereocenters. The molecule has 0 spiro atoms. The van der Waals surface area contributed by atoms with Crippen LogP contribution >= 0.6 is 0 Å². The Morgan fingerprint density at radius 2 is 1.74 bits per heavy atom. The first-order valence-corrected chi connectivity index (χ1v) is 10.2. The molecule has 0 radical (unpaired) electrons. The predicted octanol–water partition coefficient (Wildman–Crippen LogP) is 3.62. The van der Waals surface area contributed by atoms with Gasteiger partial charge in [-0.3, -0.25) is 4.68 Å². The van der Waals surface area contributed by atoms with Crippen molar-refractivity contribution in [3.8, 4) is 17.0 Å². The van der Waals surface area contributed by atoms with Gasteiger partial charge in [0.05, 0.1) is 7.11 Å². The van der Waals surface area contributed by atoms with Crippen LogP contribution in [0.15, 0.2) is 65.7 Å². The highest BCUT2D eigenvalue weighted by Crippen LogP contribution is 2.27. The largest absolute Gasteiger partial charge is 0.496 e. The number of para-hydroxylation sites is 1. The Bertz CT molecular complexity index is 1010. The average molecular weight is 385 g/mol. The van der Waals surface area contributed by atoms with Crippen LogP contribution < -0.4 is 9.46 Å². The third-order valence-electron chi connectivity index (χ3n) is 4.21. The summed E-state index contributed by atoms with van der Waals surface area (Å²) in [4.78, 5) is 0.164. The summed E-state index contributed by atoms with van der Waals surface area (Å²) in [6.45, 7) is 4.05. The lowest BCUT2D eigenvalue weighted by Gasteiger charge is -2.10. The summed E-state index contributed by atoms with van der Waals surface area (Å²) in [5, 5.41) is 4.51. The molecule has 0 atom stereocenters. The second-order valence-electron chi connectivity index (χ2n) is 6.42. The van der Waals surface area contributed by atoms with Crippen molar-refractivity contribution in [3.05, 3.63) is 66.4 Å². The van der Waals surface area contributed by atoms with Gasteiger partial charge in [0, 0.05) is 29.9 Å². The van der Waals surface area contributed by atoms with Gasteiger partial charge in [-0.25, -0.2) is 13.1 Å². The maximum absolute atomic E-state index is 13.0. The van der Waals surface area contributed by atoms with E-state index in [-0.39, 0.29) is 17.5 Å². The number of nitrogens with one attached hydrogen (secondary N) is 1. The molecule has 1 aromatic heterocycles. The van der Waals surface area contributed by atoms with Gasteiger partial charge in [0.1, 0.15) is 16.3 Å². The van der Waals surface area contributed by atoms with E-state index in [0.29, 0.717) is 11.4 Å². The van der Waals surface area contributed by atoms with Gasteiger partial charge in [0.25, 0.3) is 0 Å². The Balaban J connectivity index is 1.96. The van der Waals surface area contributed by atoms with Gasteiger partial charge in [0.2, 0.25) is 10.0 Å². The minimum Gasteiger partial charge on any atom is -0.496 e. The lowest BCUT2D eigenvalue weighted by Crippen LogP contribution is -2.23. The zero-order valence-electron chi connectivity index (χ0n) is 15.6. The molecule has 3 aromatic rings. The Morgan fingerprint density at radius 3 is 2.41 bits per heavy atom. The van der Waals surface area contributed by atoms with Crippen LogP contribution in [0.3, 0.4) is 0 Å². The number of nitrogens with zero attached hydrogens (tertiary/aromatic N) is 2. The zero-order chi connectivity index (χ0) is 19.4. The average Bonchev–Trinajstić information content (AvgIpc) is 3.14. The molecular weight excluding hydrogens is 362 g/mol. The van der Waals surface area contributed by atoms with Crippen LogP contribution in [0.25, 0.3) is 11.3 Å². The van der Waals surface area contributed by atoms with Crippen LogP contribution in [-0.4, -0.2) is 25.3 Å². The number of methoxy groups -OCH3 is 1. The van der Waals surface area contributed by atoms with Crippen LogP contribution in [0.5, 0.6) is 5.75 Å². The number of ether oxygens (including phenoxy) is 1. The first-order chi connectivity index (χ1) is 12.9. The second kappa shape index (κ2) is 7.94. The summed E-state index contributed by atoms with van der Waals surface area (Å²) in [7, 11) is -2.20. The van der Waals surface area contributed by atoms with Gasteiger partial charge in [-0.2, -0.15) is 5.10 Å². The molecule has 2 aromatic carbocycles. The molecule has 1 N–H and O–H groups in total. The summed E-state index contributed by atoms with van der Waals surface area (Å²) in [6, 6.07) is 16.7. The number of hydrogen-bond donors (Lipinski definition) is 1. The topological polar surface area (TPSA) is 73.2 Å². The maximum atomic E-state index is 13.0. The first-order valence-electron chi connectivity index (χ1n) is 8.68. The highest BCUT2D eigenvalue weighted by Gasteiger charge is 2.24. The molecular formula is C20H23N3O3S. The summed E-state index contributed by atoms with van der Waals surface area (Å²) >= 11 is 0. The Hall–Kier alpha value is -2.64. The molecule has 0 saturated carbocycles. The molecule has 3 rings (SSSR count). The van der Waals surface area contributed by atoms with Crippen molar-refractivity contribution in [2.45, 2.75) is 31.3 Å².